The smallest absolute Gasteiger partial charge is 0.0809 e. The Labute approximate surface area is 101 Å². The van der Waals surface area contributed by atoms with Crippen molar-refractivity contribution in [2.24, 2.45) is 5.92 Å². The quantitative estimate of drug-likeness (QED) is 0.876. The Bertz CT molecular complexity index is 462. The van der Waals surface area contributed by atoms with Crippen LogP contribution in [0.4, 0.5) is 0 Å². The molecule has 1 unspecified atom stereocenters. The van der Waals surface area contributed by atoms with E-state index in [1.54, 1.807) is 11.3 Å². The highest BCUT2D eigenvalue weighted by Gasteiger charge is 2.06. The molecule has 0 aromatic carbocycles. The van der Waals surface area contributed by atoms with E-state index in [4.69, 9.17) is 0 Å². The van der Waals surface area contributed by atoms with Gasteiger partial charge in [0.15, 0.2) is 0 Å². The van der Waals surface area contributed by atoms with E-state index < -0.39 is 0 Å². The van der Waals surface area contributed by atoms with Crippen LogP contribution in [0.1, 0.15) is 26.3 Å². The van der Waals surface area contributed by atoms with E-state index in [-0.39, 0.29) is 0 Å². The van der Waals surface area contributed by atoms with Gasteiger partial charge in [-0.05, 0) is 35.9 Å². The van der Waals surface area contributed by atoms with E-state index in [0.717, 1.165) is 12.1 Å². The van der Waals surface area contributed by atoms with Crippen molar-refractivity contribution in [2.75, 3.05) is 0 Å². The fourth-order valence-corrected chi connectivity index (χ4v) is 2.30. The zero-order chi connectivity index (χ0) is 11.5. The van der Waals surface area contributed by atoms with Gasteiger partial charge in [0.05, 0.1) is 10.2 Å². The monoisotopic (exact) mass is 234 g/mol. The number of nitrogens with one attached hydrogen (secondary N) is 1. The van der Waals surface area contributed by atoms with Crippen molar-refractivity contribution in [1.82, 2.24) is 10.3 Å². The molecule has 86 valence electrons. The van der Waals surface area contributed by atoms with Gasteiger partial charge in [-0.2, -0.15) is 0 Å². The van der Waals surface area contributed by atoms with Crippen molar-refractivity contribution in [3.63, 3.8) is 0 Å². The third kappa shape index (κ3) is 2.60. The number of nitrogens with zero attached hydrogens (tertiary/aromatic N) is 1. The molecule has 2 aromatic heterocycles. The van der Waals surface area contributed by atoms with Crippen molar-refractivity contribution in [3.8, 4) is 0 Å². The Morgan fingerprint density at radius 2 is 2.19 bits per heavy atom. The lowest BCUT2D eigenvalue weighted by molar-refractivity contribution is 0.426. The van der Waals surface area contributed by atoms with Gasteiger partial charge in [-0.1, -0.05) is 13.8 Å². The second-order valence-corrected chi connectivity index (χ2v) is 5.51. The molecular weight excluding hydrogens is 216 g/mol. The molecule has 0 aliphatic carbocycles. The van der Waals surface area contributed by atoms with Crippen LogP contribution in [-0.4, -0.2) is 11.0 Å². The predicted octanol–water partition coefficient (Wildman–Crippen LogP) is 3.43. The van der Waals surface area contributed by atoms with Gasteiger partial charge in [0, 0.05) is 18.8 Å². The van der Waals surface area contributed by atoms with Crippen LogP contribution in [0.15, 0.2) is 23.7 Å². The van der Waals surface area contributed by atoms with Gasteiger partial charge >= 0.3 is 0 Å². The Kier molecular flexibility index (Phi) is 3.56. The number of aromatic nitrogens is 1. The maximum Gasteiger partial charge on any atom is 0.0809 e. The molecule has 2 heterocycles. The second kappa shape index (κ2) is 4.93. The summed E-state index contributed by atoms with van der Waals surface area (Å²) in [5.74, 6) is 0.665. The van der Waals surface area contributed by atoms with E-state index >= 15 is 0 Å². The minimum Gasteiger partial charge on any atom is -0.310 e. The van der Waals surface area contributed by atoms with Crippen molar-refractivity contribution < 1.29 is 0 Å². The summed E-state index contributed by atoms with van der Waals surface area (Å²) in [4.78, 5) is 4.43. The Balaban J connectivity index is 2.04. The van der Waals surface area contributed by atoms with E-state index in [1.807, 2.05) is 6.20 Å². The molecule has 0 saturated carbocycles. The normalized spacial score (nSPS) is 13.5. The van der Waals surface area contributed by atoms with E-state index in [1.165, 1.54) is 10.3 Å². The van der Waals surface area contributed by atoms with Crippen LogP contribution in [0, 0.1) is 5.92 Å². The lowest BCUT2D eigenvalue weighted by Gasteiger charge is -2.17. The highest BCUT2D eigenvalue weighted by Crippen LogP contribution is 2.19. The molecule has 0 fully saturated rings. The van der Waals surface area contributed by atoms with Crippen molar-refractivity contribution >= 4 is 21.6 Å². The maximum atomic E-state index is 4.43. The standard InChI is InChI=1S/C13H18N2S/c1-9(2)10(3)14-7-11-6-13-12(15-8-11)4-5-16-13/h4-6,8-10,14H,7H2,1-3H3. The summed E-state index contributed by atoms with van der Waals surface area (Å²) in [7, 11) is 0. The lowest BCUT2D eigenvalue weighted by atomic mass is 10.1. The number of pyridine rings is 1. The lowest BCUT2D eigenvalue weighted by Crippen LogP contribution is -2.30. The Hall–Kier alpha value is -0.930. The molecule has 2 nitrogen and oxygen atoms in total. The highest BCUT2D eigenvalue weighted by molar-refractivity contribution is 7.17. The highest BCUT2D eigenvalue weighted by atomic mass is 32.1. The first kappa shape index (κ1) is 11.6. The first-order valence-corrected chi connectivity index (χ1v) is 6.60. The van der Waals surface area contributed by atoms with Crippen LogP contribution >= 0.6 is 11.3 Å². The van der Waals surface area contributed by atoms with Gasteiger partial charge in [-0.25, -0.2) is 0 Å². The number of rotatable bonds is 4. The predicted molar refractivity (Wildman–Crippen MR) is 70.8 cm³/mol. The number of hydrogen-bond donors (Lipinski definition) is 1. The summed E-state index contributed by atoms with van der Waals surface area (Å²) >= 11 is 1.75. The summed E-state index contributed by atoms with van der Waals surface area (Å²) in [6.45, 7) is 7.60. The molecule has 16 heavy (non-hydrogen) atoms. The van der Waals surface area contributed by atoms with Crippen LogP contribution in [0.2, 0.25) is 0 Å². The molecule has 2 aromatic rings. The minimum absolute atomic E-state index is 0.541. The van der Waals surface area contributed by atoms with Gasteiger partial charge < -0.3 is 5.32 Å². The fraction of sp³-hybridized carbons (Fsp3) is 0.462. The Morgan fingerprint density at radius 3 is 2.94 bits per heavy atom. The molecule has 0 aliphatic heterocycles. The van der Waals surface area contributed by atoms with Crippen LogP contribution in [0.3, 0.4) is 0 Å². The second-order valence-electron chi connectivity index (χ2n) is 4.56. The molecule has 0 spiro atoms. The number of thiophene rings is 1. The number of fused-ring (bicyclic) bond motifs is 1. The minimum atomic E-state index is 0.541. The van der Waals surface area contributed by atoms with E-state index in [9.17, 15) is 0 Å². The molecule has 1 N–H and O–H groups in total. The zero-order valence-electron chi connectivity index (χ0n) is 10.0. The summed E-state index contributed by atoms with van der Waals surface area (Å²) in [6.07, 6.45) is 1.97. The maximum absolute atomic E-state index is 4.43. The molecule has 0 amide bonds. The van der Waals surface area contributed by atoms with Gasteiger partial charge in [0.2, 0.25) is 0 Å². The number of hydrogen-bond acceptors (Lipinski definition) is 3. The summed E-state index contributed by atoms with van der Waals surface area (Å²) in [5.41, 5.74) is 2.37. The van der Waals surface area contributed by atoms with Crippen molar-refractivity contribution in [1.29, 1.82) is 0 Å². The van der Waals surface area contributed by atoms with Gasteiger partial charge in [-0.15, -0.1) is 11.3 Å². The van der Waals surface area contributed by atoms with Crippen molar-refractivity contribution in [3.05, 3.63) is 29.3 Å². The van der Waals surface area contributed by atoms with Gasteiger partial charge in [0.25, 0.3) is 0 Å². The van der Waals surface area contributed by atoms with Crippen LogP contribution in [0.5, 0.6) is 0 Å². The third-order valence-electron chi connectivity index (χ3n) is 2.99. The van der Waals surface area contributed by atoms with Gasteiger partial charge in [-0.3, -0.25) is 4.98 Å². The van der Waals surface area contributed by atoms with Crippen molar-refractivity contribution in [2.45, 2.75) is 33.4 Å². The third-order valence-corrected chi connectivity index (χ3v) is 3.84. The average Bonchev–Trinajstić information content (AvgIpc) is 2.72. The molecule has 3 heteroatoms. The van der Waals surface area contributed by atoms with Crippen LogP contribution in [-0.2, 0) is 6.54 Å². The summed E-state index contributed by atoms with van der Waals surface area (Å²) < 4.78 is 1.27. The molecule has 0 aliphatic rings. The topological polar surface area (TPSA) is 24.9 Å². The molecule has 0 saturated heterocycles. The largest absolute Gasteiger partial charge is 0.310 e. The first-order chi connectivity index (χ1) is 7.66. The van der Waals surface area contributed by atoms with Gasteiger partial charge in [0.1, 0.15) is 0 Å². The fourth-order valence-electron chi connectivity index (χ4n) is 1.50. The summed E-state index contributed by atoms with van der Waals surface area (Å²) in [5, 5.41) is 5.61. The van der Waals surface area contributed by atoms with E-state index in [2.05, 4.69) is 48.6 Å². The Morgan fingerprint density at radius 1 is 1.38 bits per heavy atom. The van der Waals surface area contributed by atoms with Crippen LogP contribution in [0.25, 0.3) is 10.2 Å². The van der Waals surface area contributed by atoms with E-state index in [0.29, 0.717) is 12.0 Å². The first-order valence-electron chi connectivity index (χ1n) is 5.72. The molecule has 0 radical (unpaired) electrons. The van der Waals surface area contributed by atoms with Crippen LogP contribution < -0.4 is 5.32 Å². The summed E-state index contributed by atoms with van der Waals surface area (Å²) in [6, 6.07) is 4.83. The molecule has 1 atom stereocenters. The molecule has 0 bridgehead atoms. The zero-order valence-corrected chi connectivity index (χ0v) is 10.8. The average molecular weight is 234 g/mol. The SMILES string of the molecule is CC(C)C(C)NCc1cnc2ccsc2c1. The molecular formula is C13H18N2S. The molecule has 2 rings (SSSR count).